The molecule has 0 N–H and O–H groups in total. The Morgan fingerprint density at radius 2 is 1.82 bits per heavy atom. The van der Waals surface area contributed by atoms with Crippen molar-refractivity contribution in [1.29, 1.82) is 0 Å². The summed E-state index contributed by atoms with van der Waals surface area (Å²) in [6.45, 7) is 9.19. The maximum Gasteiger partial charge on any atom is 0.161 e. The molecule has 0 saturated carbocycles. The normalized spacial score (nSPS) is 15.0. The highest BCUT2D eigenvalue weighted by atomic mass is 16.7. The molecule has 0 rings (SSSR count). The standard InChI is InChI=1S/C9H20O2/c1-6-7-11-8(10-5)9(2,3)4/h8H,6-7H2,1-5H3. The second-order valence-corrected chi connectivity index (χ2v) is 3.80. The molecular weight excluding hydrogens is 140 g/mol. The molecule has 0 heterocycles. The van der Waals surface area contributed by atoms with Gasteiger partial charge in [-0.1, -0.05) is 27.7 Å². The Morgan fingerprint density at radius 1 is 1.27 bits per heavy atom. The van der Waals surface area contributed by atoms with Crippen LogP contribution in [0.15, 0.2) is 0 Å². The Labute approximate surface area is 69.9 Å². The van der Waals surface area contributed by atoms with Gasteiger partial charge in [0.25, 0.3) is 0 Å². The van der Waals surface area contributed by atoms with Gasteiger partial charge in [0.1, 0.15) is 0 Å². The van der Waals surface area contributed by atoms with Crippen LogP contribution in [0.25, 0.3) is 0 Å². The molecule has 11 heavy (non-hydrogen) atoms. The molecule has 0 radical (unpaired) electrons. The fourth-order valence-electron chi connectivity index (χ4n) is 0.896. The van der Waals surface area contributed by atoms with Crippen LogP contribution in [0, 0.1) is 5.41 Å². The van der Waals surface area contributed by atoms with Gasteiger partial charge < -0.3 is 9.47 Å². The van der Waals surface area contributed by atoms with Gasteiger partial charge in [0.05, 0.1) is 0 Å². The number of ether oxygens (including phenoxy) is 2. The van der Waals surface area contributed by atoms with Gasteiger partial charge in [-0.15, -0.1) is 0 Å². The zero-order valence-corrected chi connectivity index (χ0v) is 8.31. The molecule has 0 aliphatic heterocycles. The molecule has 0 saturated heterocycles. The average molecular weight is 160 g/mol. The van der Waals surface area contributed by atoms with Crippen LogP contribution >= 0.6 is 0 Å². The molecule has 0 amide bonds. The zero-order valence-electron chi connectivity index (χ0n) is 8.31. The Hall–Kier alpha value is -0.0800. The summed E-state index contributed by atoms with van der Waals surface area (Å²) in [5.41, 5.74) is 0.0733. The van der Waals surface area contributed by atoms with Crippen LogP contribution in [0.1, 0.15) is 34.1 Å². The zero-order chi connectivity index (χ0) is 8.91. The summed E-state index contributed by atoms with van der Waals surface area (Å²) in [7, 11) is 1.69. The molecule has 0 aliphatic rings. The third kappa shape index (κ3) is 4.38. The van der Waals surface area contributed by atoms with E-state index in [0.717, 1.165) is 13.0 Å². The third-order valence-electron chi connectivity index (χ3n) is 1.39. The molecule has 0 aromatic carbocycles. The van der Waals surface area contributed by atoms with E-state index in [1.165, 1.54) is 0 Å². The first kappa shape index (κ1) is 10.9. The lowest BCUT2D eigenvalue weighted by Gasteiger charge is -2.28. The molecule has 0 aromatic rings. The smallest absolute Gasteiger partial charge is 0.161 e. The van der Waals surface area contributed by atoms with Crippen molar-refractivity contribution in [1.82, 2.24) is 0 Å². The van der Waals surface area contributed by atoms with Crippen LogP contribution in [-0.4, -0.2) is 20.0 Å². The monoisotopic (exact) mass is 160 g/mol. The first-order valence-corrected chi connectivity index (χ1v) is 4.16. The van der Waals surface area contributed by atoms with E-state index in [1.807, 2.05) is 0 Å². The maximum atomic E-state index is 5.48. The number of rotatable bonds is 4. The SMILES string of the molecule is CCCOC(OC)C(C)(C)C. The summed E-state index contributed by atoms with van der Waals surface area (Å²) in [5, 5.41) is 0. The fourth-order valence-corrected chi connectivity index (χ4v) is 0.896. The van der Waals surface area contributed by atoms with E-state index in [-0.39, 0.29) is 11.7 Å². The van der Waals surface area contributed by atoms with E-state index in [1.54, 1.807) is 7.11 Å². The lowest BCUT2D eigenvalue weighted by Crippen LogP contribution is -2.31. The van der Waals surface area contributed by atoms with Crippen molar-refractivity contribution >= 4 is 0 Å². The summed E-state index contributed by atoms with van der Waals surface area (Å²) < 4.78 is 10.7. The average Bonchev–Trinajstić information content (AvgIpc) is 1.87. The number of hydrogen-bond acceptors (Lipinski definition) is 2. The van der Waals surface area contributed by atoms with Crippen molar-refractivity contribution in [2.24, 2.45) is 5.41 Å². The van der Waals surface area contributed by atoms with Crippen LogP contribution < -0.4 is 0 Å². The van der Waals surface area contributed by atoms with Gasteiger partial charge in [0.2, 0.25) is 0 Å². The van der Waals surface area contributed by atoms with E-state index in [9.17, 15) is 0 Å². The molecule has 1 atom stereocenters. The van der Waals surface area contributed by atoms with Crippen molar-refractivity contribution < 1.29 is 9.47 Å². The van der Waals surface area contributed by atoms with Gasteiger partial charge in [0, 0.05) is 19.1 Å². The Morgan fingerprint density at radius 3 is 2.09 bits per heavy atom. The topological polar surface area (TPSA) is 18.5 Å². The quantitative estimate of drug-likeness (QED) is 0.588. The molecular formula is C9H20O2. The molecule has 0 aromatic heterocycles. The predicted molar refractivity (Wildman–Crippen MR) is 46.5 cm³/mol. The second-order valence-electron chi connectivity index (χ2n) is 3.80. The van der Waals surface area contributed by atoms with Crippen LogP contribution in [0.3, 0.4) is 0 Å². The first-order chi connectivity index (χ1) is 5.02. The van der Waals surface area contributed by atoms with Gasteiger partial charge in [-0.3, -0.25) is 0 Å². The summed E-state index contributed by atoms with van der Waals surface area (Å²) in [5.74, 6) is 0. The van der Waals surface area contributed by atoms with Crippen LogP contribution in [0.4, 0.5) is 0 Å². The van der Waals surface area contributed by atoms with E-state index >= 15 is 0 Å². The minimum absolute atomic E-state index is 0.0733. The molecule has 1 unspecified atom stereocenters. The molecule has 0 fully saturated rings. The predicted octanol–water partition coefficient (Wildman–Crippen LogP) is 2.43. The van der Waals surface area contributed by atoms with Crippen molar-refractivity contribution in [2.75, 3.05) is 13.7 Å². The van der Waals surface area contributed by atoms with Crippen LogP contribution in [0.2, 0.25) is 0 Å². The number of methoxy groups -OCH3 is 1. The van der Waals surface area contributed by atoms with Gasteiger partial charge in [0.15, 0.2) is 6.29 Å². The molecule has 2 heteroatoms. The van der Waals surface area contributed by atoms with Gasteiger partial charge in [-0.2, -0.15) is 0 Å². The van der Waals surface area contributed by atoms with Crippen molar-refractivity contribution in [2.45, 2.75) is 40.4 Å². The van der Waals surface area contributed by atoms with Crippen molar-refractivity contribution in [3.8, 4) is 0 Å². The summed E-state index contributed by atoms with van der Waals surface area (Å²) in [4.78, 5) is 0. The van der Waals surface area contributed by atoms with E-state index in [0.29, 0.717) is 0 Å². The molecule has 0 aliphatic carbocycles. The van der Waals surface area contributed by atoms with E-state index in [2.05, 4.69) is 27.7 Å². The maximum absolute atomic E-state index is 5.48. The van der Waals surface area contributed by atoms with Crippen LogP contribution in [-0.2, 0) is 9.47 Å². The molecule has 2 nitrogen and oxygen atoms in total. The summed E-state index contributed by atoms with van der Waals surface area (Å²) in [6, 6.07) is 0. The summed E-state index contributed by atoms with van der Waals surface area (Å²) in [6.07, 6.45) is 0.957. The van der Waals surface area contributed by atoms with Crippen LogP contribution in [0.5, 0.6) is 0 Å². The van der Waals surface area contributed by atoms with Crippen molar-refractivity contribution in [3.05, 3.63) is 0 Å². The minimum Gasteiger partial charge on any atom is -0.355 e. The highest BCUT2D eigenvalue weighted by molar-refractivity contribution is 4.65. The minimum atomic E-state index is -0.0811. The molecule has 68 valence electrons. The largest absolute Gasteiger partial charge is 0.355 e. The highest BCUT2D eigenvalue weighted by Crippen LogP contribution is 2.22. The Balaban J connectivity index is 3.76. The van der Waals surface area contributed by atoms with E-state index in [4.69, 9.17) is 9.47 Å². The molecule has 0 bridgehead atoms. The lowest BCUT2D eigenvalue weighted by atomic mass is 9.96. The second kappa shape index (κ2) is 4.73. The fraction of sp³-hybridized carbons (Fsp3) is 1.00. The van der Waals surface area contributed by atoms with Crippen molar-refractivity contribution in [3.63, 3.8) is 0 Å². The lowest BCUT2D eigenvalue weighted by molar-refractivity contribution is -0.178. The van der Waals surface area contributed by atoms with Gasteiger partial charge >= 0.3 is 0 Å². The van der Waals surface area contributed by atoms with E-state index < -0.39 is 0 Å². The summed E-state index contributed by atoms with van der Waals surface area (Å²) >= 11 is 0. The third-order valence-corrected chi connectivity index (χ3v) is 1.39. The highest BCUT2D eigenvalue weighted by Gasteiger charge is 2.24. The van der Waals surface area contributed by atoms with Gasteiger partial charge in [-0.25, -0.2) is 0 Å². The number of hydrogen-bond donors (Lipinski definition) is 0. The Bertz CT molecular complexity index is 94.2. The first-order valence-electron chi connectivity index (χ1n) is 4.16. The van der Waals surface area contributed by atoms with Gasteiger partial charge in [-0.05, 0) is 6.42 Å². The molecule has 0 spiro atoms. The Kier molecular flexibility index (Phi) is 4.69.